The zero-order valence-electron chi connectivity index (χ0n) is 8.38. The highest BCUT2D eigenvalue weighted by Crippen LogP contribution is 2.36. The second-order valence-corrected chi connectivity index (χ2v) is 4.62. The summed E-state index contributed by atoms with van der Waals surface area (Å²) in [5, 5.41) is 6.57. The second-order valence-electron chi connectivity index (χ2n) is 4.62. The molecule has 3 rings (SSSR count). The van der Waals surface area contributed by atoms with Crippen molar-refractivity contribution in [3.63, 3.8) is 0 Å². The molecule has 3 heterocycles. The van der Waals surface area contributed by atoms with Gasteiger partial charge in [0, 0.05) is 6.54 Å². The van der Waals surface area contributed by atoms with Crippen LogP contribution in [-0.4, -0.2) is 42.1 Å². The molecule has 0 aromatic rings. The van der Waals surface area contributed by atoms with Crippen LogP contribution < -0.4 is 10.6 Å². The summed E-state index contributed by atoms with van der Waals surface area (Å²) in [6.45, 7) is 3.16. The Bertz CT molecular complexity index is 260. The van der Waals surface area contributed by atoms with Gasteiger partial charge in [-0.05, 0) is 38.8 Å². The summed E-state index contributed by atoms with van der Waals surface area (Å²) in [5.41, 5.74) is 0.0174. The molecule has 4 nitrogen and oxygen atoms in total. The molecule has 0 bridgehead atoms. The summed E-state index contributed by atoms with van der Waals surface area (Å²) in [6, 6.07) is 0.188. The molecule has 3 saturated heterocycles. The summed E-state index contributed by atoms with van der Waals surface area (Å²) in [7, 11) is 0. The lowest BCUT2D eigenvalue weighted by molar-refractivity contribution is -0.121. The lowest BCUT2D eigenvalue weighted by Crippen LogP contribution is -2.57. The van der Waals surface area contributed by atoms with Crippen LogP contribution in [0.4, 0.5) is 0 Å². The maximum absolute atomic E-state index is 11.8. The van der Waals surface area contributed by atoms with Crippen molar-refractivity contribution in [1.29, 1.82) is 0 Å². The topological polar surface area (TPSA) is 44.4 Å². The van der Waals surface area contributed by atoms with Crippen molar-refractivity contribution in [3.05, 3.63) is 0 Å². The predicted octanol–water partition coefficient (Wildman–Crippen LogP) is -0.340. The number of nitrogens with zero attached hydrogens (tertiary/aromatic N) is 1. The fourth-order valence-electron chi connectivity index (χ4n) is 3.19. The first-order valence-corrected chi connectivity index (χ1v) is 5.61. The highest BCUT2D eigenvalue weighted by molar-refractivity contribution is 5.85. The second kappa shape index (κ2) is 2.94. The average Bonchev–Trinajstić information content (AvgIpc) is 2.74. The quantitative estimate of drug-likeness (QED) is 0.556. The third-order valence-corrected chi connectivity index (χ3v) is 3.89. The van der Waals surface area contributed by atoms with Gasteiger partial charge >= 0.3 is 0 Å². The molecule has 3 fully saturated rings. The Morgan fingerprint density at radius 3 is 2.93 bits per heavy atom. The van der Waals surface area contributed by atoms with Crippen LogP contribution in [-0.2, 0) is 4.79 Å². The van der Waals surface area contributed by atoms with Crippen molar-refractivity contribution in [2.75, 3.05) is 19.6 Å². The number of carbonyl (C=O) groups excluding carboxylic acids is 1. The summed E-state index contributed by atoms with van der Waals surface area (Å²) < 4.78 is 0. The summed E-state index contributed by atoms with van der Waals surface area (Å²) in [6.07, 6.45) is 4.37. The number of piperidine rings is 1. The number of fused-ring (bicyclic) bond motifs is 2. The molecular formula is C10H17N3O. The number of rotatable bonds is 0. The largest absolute Gasteiger partial charge is 0.336 e. The minimum atomic E-state index is 0.0174. The monoisotopic (exact) mass is 195 g/mol. The molecule has 1 spiro atoms. The number of hydrogen-bond donors (Lipinski definition) is 2. The molecule has 1 amide bonds. The first-order valence-electron chi connectivity index (χ1n) is 5.61. The Morgan fingerprint density at radius 2 is 2.14 bits per heavy atom. The minimum absolute atomic E-state index is 0.0174. The number of nitrogens with one attached hydrogen (secondary N) is 2. The average molecular weight is 195 g/mol. The van der Waals surface area contributed by atoms with E-state index in [0.717, 1.165) is 38.9 Å². The van der Waals surface area contributed by atoms with Crippen LogP contribution in [0.15, 0.2) is 0 Å². The lowest BCUT2D eigenvalue weighted by atomic mass is 9.97. The summed E-state index contributed by atoms with van der Waals surface area (Å²) in [4.78, 5) is 14.2. The molecule has 0 unspecified atom stereocenters. The Labute approximate surface area is 84.0 Å². The van der Waals surface area contributed by atoms with E-state index in [2.05, 4.69) is 15.5 Å². The van der Waals surface area contributed by atoms with Crippen molar-refractivity contribution in [2.45, 2.75) is 37.4 Å². The fraction of sp³-hybridized carbons (Fsp3) is 0.900. The van der Waals surface area contributed by atoms with Gasteiger partial charge in [0.05, 0.1) is 11.7 Å². The molecule has 0 radical (unpaired) electrons. The van der Waals surface area contributed by atoms with Crippen LogP contribution in [0.3, 0.4) is 0 Å². The van der Waals surface area contributed by atoms with E-state index >= 15 is 0 Å². The van der Waals surface area contributed by atoms with E-state index in [1.54, 1.807) is 0 Å². The van der Waals surface area contributed by atoms with Crippen LogP contribution in [0.25, 0.3) is 0 Å². The zero-order valence-corrected chi connectivity index (χ0v) is 8.38. The van der Waals surface area contributed by atoms with E-state index < -0.39 is 0 Å². The molecule has 1 atom stereocenters. The number of hydrogen-bond acceptors (Lipinski definition) is 3. The van der Waals surface area contributed by atoms with E-state index in [9.17, 15) is 4.79 Å². The highest BCUT2D eigenvalue weighted by atomic mass is 16.2. The third-order valence-electron chi connectivity index (χ3n) is 3.89. The smallest absolute Gasteiger partial charge is 0.238 e. The van der Waals surface area contributed by atoms with Crippen molar-refractivity contribution in [1.82, 2.24) is 15.5 Å². The van der Waals surface area contributed by atoms with Crippen molar-refractivity contribution < 1.29 is 4.79 Å². The van der Waals surface area contributed by atoms with Crippen molar-refractivity contribution >= 4 is 5.91 Å². The molecule has 3 aliphatic rings. The molecule has 0 aromatic carbocycles. The standard InChI is InChI=1S/C10H17N3O/c14-9-8-2-1-7-13(8)10(12-9)3-5-11-6-4-10/h8,11H,1-7H2,(H,12,14)/t8-/m0/s1. The minimum Gasteiger partial charge on any atom is -0.336 e. The highest BCUT2D eigenvalue weighted by Gasteiger charge is 2.52. The maximum Gasteiger partial charge on any atom is 0.238 e. The maximum atomic E-state index is 11.8. The Kier molecular flexibility index (Phi) is 1.82. The Balaban J connectivity index is 1.88. The van der Waals surface area contributed by atoms with Crippen LogP contribution >= 0.6 is 0 Å². The summed E-state index contributed by atoms with van der Waals surface area (Å²) in [5.74, 6) is 0.268. The van der Waals surface area contributed by atoms with Gasteiger partial charge in [-0.25, -0.2) is 0 Å². The third kappa shape index (κ3) is 1.04. The van der Waals surface area contributed by atoms with E-state index in [4.69, 9.17) is 0 Å². The van der Waals surface area contributed by atoms with Crippen molar-refractivity contribution in [2.24, 2.45) is 0 Å². The molecule has 3 aliphatic heterocycles. The van der Waals surface area contributed by atoms with Crippen molar-refractivity contribution in [3.8, 4) is 0 Å². The number of carbonyl (C=O) groups is 1. The van der Waals surface area contributed by atoms with E-state index in [0.29, 0.717) is 0 Å². The summed E-state index contributed by atoms with van der Waals surface area (Å²) >= 11 is 0. The van der Waals surface area contributed by atoms with Gasteiger partial charge in [-0.3, -0.25) is 9.69 Å². The van der Waals surface area contributed by atoms with Gasteiger partial charge in [-0.2, -0.15) is 0 Å². The molecule has 14 heavy (non-hydrogen) atoms. The zero-order chi connectivity index (χ0) is 9.60. The van der Waals surface area contributed by atoms with Gasteiger partial charge in [0.1, 0.15) is 0 Å². The van der Waals surface area contributed by atoms with E-state index in [-0.39, 0.29) is 17.6 Å². The van der Waals surface area contributed by atoms with Gasteiger partial charge in [0.25, 0.3) is 0 Å². The first kappa shape index (κ1) is 8.68. The van der Waals surface area contributed by atoms with Crippen LogP contribution in [0.1, 0.15) is 25.7 Å². The lowest BCUT2D eigenvalue weighted by Gasteiger charge is -2.40. The first-order chi connectivity index (χ1) is 6.82. The van der Waals surface area contributed by atoms with Gasteiger partial charge < -0.3 is 10.6 Å². The predicted molar refractivity (Wildman–Crippen MR) is 52.7 cm³/mol. The fourth-order valence-corrected chi connectivity index (χ4v) is 3.19. The molecule has 0 saturated carbocycles. The molecule has 0 aliphatic carbocycles. The van der Waals surface area contributed by atoms with E-state index in [1.165, 1.54) is 6.42 Å². The molecule has 4 heteroatoms. The van der Waals surface area contributed by atoms with Gasteiger partial charge in [0.2, 0.25) is 5.91 Å². The number of amides is 1. The normalized spacial score (nSPS) is 36.0. The Hall–Kier alpha value is -0.610. The van der Waals surface area contributed by atoms with Crippen LogP contribution in [0.5, 0.6) is 0 Å². The van der Waals surface area contributed by atoms with Gasteiger partial charge in [-0.1, -0.05) is 0 Å². The van der Waals surface area contributed by atoms with Gasteiger partial charge in [0.15, 0.2) is 0 Å². The molecule has 2 N–H and O–H groups in total. The van der Waals surface area contributed by atoms with Gasteiger partial charge in [-0.15, -0.1) is 0 Å². The molecular weight excluding hydrogens is 178 g/mol. The van der Waals surface area contributed by atoms with Crippen LogP contribution in [0, 0.1) is 0 Å². The SMILES string of the molecule is O=C1NC2(CCNCC2)N2CCC[C@@H]12. The van der Waals surface area contributed by atoms with E-state index in [1.807, 2.05) is 0 Å². The molecule has 78 valence electrons. The Morgan fingerprint density at radius 1 is 1.36 bits per heavy atom. The molecule has 0 aromatic heterocycles. The van der Waals surface area contributed by atoms with Crippen LogP contribution in [0.2, 0.25) is 0 Å².